The number of anilines is 2. The Kier molecular flexibility index (Phi) is 5.82. The zero-order chi connectivity index (χ0) is 20.2. The summed E-state index contributed by atoms with van der Waals surface area (Å²) in [5.74, 6) is 0.0671. The molecule has 0 saturated carbocycles. The third kappa shape index (κ3) is 5.02. The Hall–Kier alpha value is -2.98. The molecule has 27 heavy (non-hydrogen) atoms. The van der Waals surface area contributed by atoms with Gasteiger partial charge in [0, 0.05) is 17.1 Å². The average Bonchev–Trinajstić information content (AvgIpc) is 2.51. The lowest BCUT2D eigenvalue weighted by atomic mass is 9.79. The van der Waals surface area contributed by atoms with Crippen LogP contribution in [0.25, 0.3) is 0 Å². The molecule has 0 spiro atoms. The van der Waals surface area contributed by atoms with Crippen molar-refractivity contribution in [3.8, 4) is 12.1 Å². The summed E-state index contributed by atoms with van der Waals surface area (Å²) < 4.78 is 0. The largest absolute Gasteiger partial charge is 0.361 e. The first kappa shape index (κ1) is 20.3. The minimum Gasteiger partial charge on any atom is -0.361 e. The van der Waals surface area contributed by atoms with Crippen molar-refractivity contribution in [2.45, 2.75) is 57.7 Å². The van der Waals surface area contributed by atoms with Gasteiger partial charge in [0.25, 0.3) is 0 Å². The van der Waals surface area contributed by atoms with Crippen LogP contribution in [0, 0.1) is 32.8 Å². The predicted octanol–water partition coefficient (Wildman–Crippen LogP) is 1.96. The van der Waals surface area contributed by atoms with Crippen LogP contribution in [0.2, 0.25) is 0 Å². The van der Waals surface area contributed by atoms with E-state index in [1.165, 1.54) is 11.2 Å². The van der Waals surface area contributed by atoms with Gasteiger partial charge in [-0.05, 0) is 40.5 Å². The Morgan fingerprint density at radius 3 is 2.30 bits per heavy atom. The molecule has 2 N–H and O–H groups in total. The van der Waals surface area contributed by atoms with Crippen molar-refractivity contribution in [2.75, 3.05) is 23.3 Å². The molecular formula is C17H24N8O2. The van der Waals surface area contributed by atoms with Crippen LogP contribution >= 0.6 is 0 Å². The van der Waals surface area contributed by atoms with Crippen LogP contribution in [-0.2, 0) is 0 Å². The first-order valence-electron chi connectivity index (χ1n) is 8.63. The van der Waals surface area contributed by atoms with Gasteiger partial charge in [-0.2, -0.15) is 10.5 Å². The van der Waals surface area contributed by atoms with E-state index in [0.29, 0.717) is 0 Å². The van der Waals surface area contributed by atoms with Crippen LogP contribution < -0.4 is 15.5 Å². The standard InChI is InChI=1S/C17H24N8O2/c1-16(2)9-12(10-17(3,4)23-16)22-14-13(25(26)27)15(21-11-20-14)24(7-5-18)8-6-19/h11-12,23H,7-10H2,1-4H3,(H,20,21,22). The highest BCUT2D eigenvalue weighted by Gasteiger charge is 2.39. The first-order valence-corrected chi connectivity index (χ1v) is 8.63. The van der Waals surface area contributed by atoms with Gasteiger partial charge < -0.3 is 15.5 Å². The van der Waals surface area contributed by atoms with Crippen LogP contribution in [0.4, 0.5) is 17.3 Å². The number of aromatic nitrogens is 2. The monoisotopic (exact) mass is 372 g/mol. The summed E-state index contributed by atoms with van der Waals surface area (Å²) in [6.45, 7) is 7.98. The van der Waals surface area contributed by atoms with E-state index in [9.17, 15) is 10.1 Å². The second kappa shape index (κ2) is 7.72. The summed E-state index contributed by atoms with van der Waals surface area (Å²) in [6.07, 6.45) is 2.73. The van der Waals surface area contributed by atoms with Crippen molar-refractivity contribution in [3.63, 3.8) is 0 Å². The molecule has 1 aromatic rings. The minimum absolute atomic E-state index is 0.0296. The van der Waals surface area contributed by atoms with Crippen molar-refractivity contribution >= 4 is 17.3 Å². The quantitative estimate of drug-likeness (QED) is 0.435. The summed E-state index contributed by atoms with van der Waals surface area (Å²) in [5.41, 5.74) is -0.604. The van der Waals surface area contributed by atoms with E-state index in [-0.39, 0.29) is 47.5 Å². The van der Waals surface area contributed by atoms with Gasteiger partial charge >= 0.3 is 5.69 Å². The lowest BCUT2D eigenvalue weighted by Crippen LogP contribution is -2.60. The van der Waals surface area contributed by atoms with E-state index >= 15 is 0 Å². The Morgan fingerprint density at radius 2 is 1.81 bits per heavy atom. The Morgan fingerprint density at radius 1 is 1.26 bits per heavy atom. The van der Waals surface area contributed by atoms with Crippen molar-refractivity contribution < 1.29 is 4.92 Å². The molecule has 1 aliphatic heterocycles. The van der Waals surface area contributed by atoms with Crippen LogP contribution in [0.5, 0.6) is 0 Å². The number of nitrogens with one attached hydrogen (secondary N) is 2. The highest BCUT2D eigenvalue weighted by atomic mass is 16.6. The van der Waals surface area contributed by atoms with Gasteiger partial charge in [-0.25, -0.2) is 9.97 Å². The topological polar surface area (TPSA) is 144 Å². The maximum Gasteiger partial charge on any atom is 0.353 e. The average molecular weight is 372 g/mol. The molecule has 10 heteroatoms. The summed E-state index contributed by atoms with van der Waals surface area (Å²) in [7, 11) is 0. The molecule has 0 aromatic carbocycles. The van der Waals surface area contributed by atoms with Crippen LogP contribution in [-0.4, -0.2) is 45.1 Å². The fourth-order valence-electron chi connectivity index (χ4n) is 3.87. The van der Waals surface area contributed by atoms with E-state index in [0.717, 1.165) is 12.8 Å². The van der Waals surface area contributed by atoms with E-state index in [1.54, 1.807) is 0 Å². The third-order valence-corrected chi connectivity index (χ3v) is 4.34. The number of hydrogen-bond donors (Lipinski definition) is 2. The Labute approximate surface area is 158 Å². The van der Waals surface area contributed by atoms with Gasteiger partial charge in [-0.3, -0.25) is 10.1 Å². The molecule has 0 radical (unpaired) electrons. The maximum atomic E-state index is 11.7. The van der Waals surface area contributed by atoms with E-state index in [2.05, 4.69) is 48.3 Å². The van der Waals surface area contributed by atoms with E-state index < -0.39 is 4.92 Å². The molecule has 0 amide bonds. The summed E-state index contributed by atoms with van der Waals surface area (Å²) >= 11 is 0. The van der Waals surface area contributed by atoms with Gasteiger partial charge in [0.05, 0.1) is 17.1 Å². The fourth-order valence-corrected chi connectivity index (χ4v) is 3.87. The molecule has 1 aromatic heterocycles. The van der Waals surface area contributed by atoms with Crippen molar-refractivity contribution in [3.05, 3.63) is 16.4 Å². The maximum absolute atomic E-state index is 11.7. The zero-order valence-electron chi connectivity index (χ0n) is 16.0. The van der Waals surface area contributed by atoms with Crippen LogP contribution in [0.1, 0.15) is 40.5 Å². The van der Waals surface area contributed by atoms with Crippen molar-refractivity contribution in [1.29, 1.82) is 10.5 Å². The van der Waals surface area contributed by atoms with Gasteiger partial charge in [-0.1, -0.05) is 0 Å². The third-order valence-electron chi connectivity index (χ3n) is 4.34. The molecule has 2 heterocycles. The molecule has 0 unspecified atom stereocenters. The first-order chi connectivity index (χ1) is 12.6. The van der Waals surface area contributed by atoms with Gasteiger partial charge in [0.2, 0.25) is 11.6 Å². The number of rotatable bonds is 6. The van der Waals surface area contributed by atoms with Crippen LogP contribution in [0.15, 0.2) is 6.33 Å². The van der Waals surface area contributed by atoms with E-state index in [4.69, 9.17) is 10.5 Å². The lowest BCUT2D eigenvalue weighted by Gasteiger charge is -2.46. The summed E-state index contributed by atoms with van der Waals surface area (Å²) in [4.78, 5) is 20.5. The minimum atomic E-state index is -0.573. The van der Waals surface area contributed by atoms with E-state index in [1.807, 2.05) is 12.1 Å². The molecule has 1 aliphatic rings. The van der Waals surface area contributed by atoms with Gasteiger partial charge in [-0.15, -0.1) is 0 Å². The number of nitriles is 2. The molecule has 0 bridgehead atoms. The highest BCUT2D eigenvalue weighted by molar-refractivity contribution is 5.71. The number of nitro groups is 1. The van der Waals surface area contributed by atoms with Gasteiger partial charge in [0.15, 0.2) is 0 Å². The second-order valence-corrected chi connectivity index (χ2v) is 7.97. The van der Waals surface area contributed by atoms with Crippen molar-refractivity contribution in [1.82, 2.24) is 15.3 Å². The SMILES string of the molecule is CC1(C)CC(Nc2ncnc(N(CC#N)CC#N)c2[N+](=O)[O-])CC(C)(C)N1. The molecule has 0 aliphatic carbocycles. The number of nitrogens with zero attached hydrogens (tertiary/aromatic N) is 6. The van der Waals surface area contributed by atoms with Gasteiger partial charge in [0.1, 0.15) is 19.4 Å². The second-order valence-electron chi connectivity index (χ2n) is 7.97. The summed E-state index contributed by atoms with van der Waals surface area (Å²) in [5, 5.41) is 36.4. The zero-order valence-corrected chi connectivity index (χ0v) is 16.0. The smallest absolute Gasteiger partial charge is 0.353 e. The Balaban J connectivity index is 2.40. The van der Waals surface area contributed by atoms with Crippen molar-refractivity contribution in [2.24, 2.45) is 0 Å². The number of hydrogen-bond acceptors (Lipinski definition) is 9. The molecular weight excluding hydrogens is 348 g/mol. The lowest BCUT2D eigenvalue weighted by molar-refractivity contribution is -0.383. The molecule has 1 fully saturated rings. The molecule has 1 saturated heterocycles. The normalized spacial score (nSPS) is 18.1. The predicted molar refractivity (Wildman–Crippen MR) is 100 cm³/mol. The molecule has 2 rings (SSSR count). The summed E-state index contributed by atoms with van der Waals surface area (Å²) in [6, 6.07) is 3.78. The van der Waals surface area contributed by atoms with Crippen LogP contribution in [0.3, 0.4) is 0 Å². The number of piperidine rings is 1. The molecule has 10 nitrogen and oxygen atoms in total. The Bertz CT molecular complexity index is 761. The fraction of sp³-hybridized carbons (Fsp3) is 0.647. The molecule has 0 atom stereocenters. The highest BCUT2D eigenvalue weighted by Crippen LogP contribution is 2.35. The molecule has 144 valence electrons.